The maximum atomic E-state index is 13.4. The number of benzene rings is 3. The summed E-state index contributed by atoms with van der Waals surface area (Å²) in [4.78, 5) is 32.5. The highest BCUT2D eigenvalue weighted by atomic mass is 32.1. The van der Waals surface area contributed by atoms with Gasteiger partial charge in [0.2, 0.25) is 0 Å². The Balaban J connectivity index is 1.73. The van der Waals surface area contributed by atoms with Crippen LogP contribution in [-0.2, 0) is 9.59 Å². The van der Waals surface area contributed by atoms with Gasteiger partial charge in [-0.1, -0.05) is 47.7 Å². The van der Waals surface area contributed by atoms with Gasteiger partial charge in [0.15, 0.2) is 5.13 Å². The summed E-state index contributed by atoms with van der Waals surface area (Å²) < 4.78 is 14.3. The van der Waals surface area contributed by atoms with E-state index in [1.807, 2.05) is 32.0 Å². The summed E-state index contributed by atoms with van der Waals surface area (Å²) in [5, 5.41) is 11.4. The van der Waals surface area contributed by atoms with E-state index in [0.717, 1.165) is 21.3 Å². The van der Waals surface area contributed by atoms with Crippen molar-refractivity contribution in [1.82, 2.24) is 4.98 Å². The number of ketones is 1. The Morgan fingerprint density at radius 1 is 1.03 bits per heavy atom. The summed E-state index contributed by atoms with van der Waals surface area (Å²) in [6, 6.07) is 17.3. The van der Waals surface area contributed by atoms with Gasteiger partial charge >= 0.3 is 5.91 Å². The van der Waals surface area contributed by atoms with Gasteiger partial charge in [-0.25, -0.2) is 9.37 Å². The van der Waals surface area contributed by atoms with Gasteiger partial charge < -0.3 is 5.11 Å². The van der Waals surface area contributed by atoms with E-state index in [1.165, 1.54) is 40.5 Å². The van der Waals surface area contributed by atoms with Crippen LogP contribution in [0.1, 0.15) is 28.3 Å². The number of anilines is 1. The first-order valence-electron chi connectivity index (χ1n) is 10.3. The summed E-state index contributed by atoms with van der Waals surface area (Å²) in [5.74, 6) is -2.39. The second-order valence-electron chi connectivity index (χ2n) is 8.01. The average Bonchev–Trinajstić information content (AvgIpc) is 3.33. The predicted molar refractivity (Wildman–Crippen MR) is 127 cm³/mol. The van der Waals surface area contributed by atoms with E-state index < -0.39 is 23.5 Å². The number of nitrogens with zero attached hydrogens (tertiary/aromatic N) is 2. The van der Waals surface area contributed by atoms with Gasteiger partial charge in [-0.3, -0.25) is 14.5 Å². The van der Waals surface area contributed by atoms with Crippen molar-refractivity contribution in [3.8, 4) is 0 Å². The van der Waals surface area contributed by atoms with Gasteiger partial charge in [0.1, 0.15) is 11.6 Å². The molecule has 1 atom stereocenters. The minimum absolute atomic E-state index is 0.0510. The van der Waals surface area contributed by atoms with Crippen LogP contribution >= 0.6 is 11.3 Å². The van der Waals surface area contributed by atoms with Gasteiger partial charge in [0.05, 0.1) is 21.8 Å². The molecule has 0 radical (unpaired) electrons. The molecule has 1 amide bonds. The molecule has 7 heteroatoms. The molecule has 0 spiro atoms. The highest BCUT2D eigenvalue weighted by Gasteiger charge is 2.48. The fraction of sp³-hybridized carbons (Fsp3) is 0.115. The second-order valence-corrected chi connectivity index (χ2v) is 9.02. The van der Waals surface area contributed by atoms with Crippen LogP contribution in [0, 0.1) is 19.7 Å². The third-order valence-electron chi connectivity index (χ3n) is 5.70. The molecule has 1 N–H and O–H groups in total. The average molecular weight is 459 g/mol. The van der Waals surface area contributed by atoms with E-state index in [0.29, 0.717) is 10.7 Å². The van der Waals surface area contributed by atoms with Crippen LogP contribution in [0.2, 0.25) is 0 Å². The zero-order valence-corrected chi connectivity index (χ0v) is 18.7. The molecule has 1 aromatic heterocycles. The Kier molecular flexibility index (Phi) is 5.06. The Morgan fingerprint density at radius 2 is 1.73 bits per heavy atom. The molecule has 164 valence electrons. The number of thiazole rings is 1. The van der Waals surface area contributed by atoms with Crippen LogP contribution in [0.5, 0.6) is 0 Å². The van der Waals surface area contributed by atoms with Crippen molar-refractivity contribution in [2.45, 2.75) is 19.9 Å². The van der Waals surface area contributed by atoms with Gasteiger partial charge in [0, 0.05) is 5.56 Å². The van der Waals surface area contributed by atoms with Gasteiger partial charge in [-0.2, -0.15) is 0 Å². The molecule has 5 rings (SSSR count). The van der Waals surface area contributed by atoms with E-state index in [-0.39, 0.29) is 16.9 Å². The summed E-state index contributed by atoms with van der Waals surface area (Å²) in [7, 11) is 0. The summed E-state index contributed by atoms with van der Waals surface area (Å²) in [6.07, 6.45) is 0. The van der Waals surface area contributed by atoms with E-state index in [2.05, 4.69) is 0 Å². The number of aliphatic hydroxyl groups excluding tert-OH is 1. The number of fused-ring (bicyclic) bond motifs is 1. The van der Waals surface area contributed by atoms with Crippen LogP contribution in [0.15, 0.2) is 72.3 Å². The lowest BCUT2D eigenvalue weighted by atomic mass is 9.95. The van der Waals surface area contributed by atoms with Crippen LogP contribution < -0.4 is 4.90 Å². The predicted octanol–water partition coefficient (Wildman–Crippen LogP) is 5.68. The maximum Gasteiger partial charge on any atom is 0.301 e. The maximum absolute atomic E-state index is 13.4. The van der Waals surface area contributed by atoms with E-state index >= 15 is 0 Å². The number of amides is 1. The van der Waals surface area contributed by atoms with Gasteiger partial charge in [-0.05, 0) is 60.9 Å². The van der Waals surface area contributed by atoms with Crippen LogP contribution in [0.25, 0.3) is 16.0 Å². The minimum Gasteiger partial charge on any atom is -0.507 e. The molecule has 1 fully saturated rings. The van der Waals surface area contributed by atoms with Gasteiger partial charge in [0.25, 0.3) is 5.78 Å². The lowest BCUT2D eigenvalue weighted by Gasteiger charge is -2.22. The fourth-order valence-corrected chi connectivity index (χ4v) is 5.37. The van der Waals surface area contributed by atoms with Crippen molar-refractivity contribution in [3.63, 3.8) is 0 Å². The molecule has 1 aliphatic rings. The first-order valence-corrected chi connectivity index (χ1v) is 11.2. The van der Waals surface area contributed by atoms with Crippen molar-refractivity contribution in [3.05, 3.63) is 100 Å². The number of aliphatic hydroxyl groups is 1. The second kappa shape index (κ2) is 7.94. The molecule has 0 bridgehead atoms. The molecule has 4 aromatic rings. The molecule has 0 aliphatic carbocycles. The van der Waals surface area contributed by atoms with Crippen molar-refractivity contribution >= 4 is 44.1 Å². The lowest BCUT2D eigenvalue weighted by Crippen LogP contribution is -2.29. The molecule has 0 saturated carbocycles. The fourth-order valence-electron chi connectivity index (χ4n) is 4.21. The number of aromatic nitrogens is 1. The molecule has 5 nitrogen and oxygen atoms in total. The molecular formula is C26H19FN2O3S. The zero-order valence-electron chi connectivity index (χ0n) is 17.9. The molecule has 2 heterocycles. The summed E-state index contributed by atoms with van der Waals surface area (Å²) in [6.45, 7) is 3.95. The number of carbonyl (C=O) groups is 2. The Morgan fingerprint density at radius 3 is 2.42 bits per heavy atom. The summed E-state index contributed by atoms with van der Waals surface area (Å²) in [5.41, 5.74) is 3.69. The van der Waals surface area contributed by atoms with Crippen LogP contribution in [0.3, 0.4) is 0 Å². The van der Waals surface area contributed by atoms with Crippen molar-refractivity contribution < 1.29 is 19.1 Å². The summed E-state index contributed by atoms with van der Waals surface area (Å²) >= 11 is 1.33. The zero-order chi connectivity index (χ0) is 23.3. The largest absolute Gasteiger partial charge is 0.507 e. The normalized spacial score (nSPS) is 17.8. The first-order chi connectivity index (χ1) is 15.8. The topological polar surface area (TPSA) is 70.5 Å². The number of Topliss-reactive ketones (excluding diaryl/α,β-unsaturated/α-hetero) is 1. The van der Waals surface area contributed by atoms with Crippen LogP contribution in [0.4, 0.5) is 9.52 Å². The minimum atomic E-state index is -0.863. The molecule has 0 unspecified atom stereocenters. The molecule has 1 saturated heterocycles. The number of hydrogen-bond donors (Lipinski definition) is 1. The highest BCUT2D eigenvalue weighted by molar-refractivity contribution is 7.22. The molecule has 33 heavy (non-hydrogen) atoms. The van der Waals surface area contributed by atoms with E-state index in [9.17, 15) is 19.1 Å². The Labute approximate surface area is 193 Å². The SMILES string of the molecule is Cc1cc(C)c2nc(N3C(=O)C(=O)C(=C(O)c4ccc(F)cc4)[C@H]3c3ccccc3)sc2c1. The van der Waals surface area contributed by atoms with Crippen molar-refractivity contribution in [2.75, 3.05) is 4.90 Å². The molecular weight excluding hydrogens is 439 g/mol. The van der Waals surface area contributed by atoms with Crippen molar-refractivity contribution in [1.29, 1.82) is 0 Å². The van der Waals surface area contributed by atoms with E-state index in [1.54, 1.807) is 24.3 Å². The Hall–Kier alpha value is -3.84. The smallest absolute Gasteiger partial charge is 0.301 e. The number of carbonyl (C=O) groups excluding carboxylic acids is 2. The highest BCUT2D eigenvalue weighted by Crippen LogP contribution is 2.44. The van der Waals surface area contributed by atoms with Crippen LogP contribution in [-0.4, -0.2) is 21.8 Å². The molecule has 3 aromatic carbocycles. The van der Waals surface area contributed by atoms with E-state index in [4.69, 9.17) is 4.98 Å². The van der Waals surface area contributed by atoms with Crippen molar-refractivity contribution in [2.24, 2.45) is 0 Å². The lowest BCUT2D eigenvalue weighted by molar-refractivity contribution is -0.132. The number of hydrogen-bond acceptors (Lipinski definition) is 5. The number of aryl methyl sites for hydroxylation is 2. The number of rotatable bonds is 3. The number of halogens is 1. The standard InChI is InChI=1S/C26H19FN2O3S/c1-14-12-15(2)21-19(13-14)33-26(28-21)29-22(16-6-4-3-5-7-16)20(24(31)25(29)32)23(30)17-8-10-18(27)11-9-17/h3-13,22,30H,1-2H3/t22-/m1/s1. The Bertz CT molecular complexity index is 1440. The first kappa shape index (κ1) is 21.0. The third-order valence-corrected chi connectivity index (χ3v) is 6.70. The third kappa shape index (κ3) is 3.50. The van der Waals surface area contributed by atoms with Gasteiger partial charge in [-0.15, -0.1) is 0 Å². The molecule has 1 aliphatic heterocycles. The monoisotopic (exact) mass is 458 g/mol. The quantitative estimate of drug-likeness (QED) is 0.244.